The third kappa shape index (κ3) is 2.96. The van der Waals surface area contributed by atoms with E-state index in [4.69, 9.17) is 0 Å². The van der Waals surface area contributed by atoms with Gasteiger partial charge in [0.15, 0.2) is 0 Å². The van der Waals surface area contributed by atoms with Gasteiger partial charge in [0.2, 0.25) is 5.91 Å². The lowest BCUT2D eigenvalue weighted by Crippen LogP contribution is -2.54. The highest BCUT2D eigenvalue weighted by atomic mass is 16.4. The van der Waals surface area contributed by atoms with Gasteiger partial charge in [-0.3, -0.25) is 4.79 Å². The van der Waals surface area contributed by atoms with Gasteiger partial charge in [0.05, 0.1) is 0 Å². The van der Waals surface area contributed by atoms with Crippen LogP contribution in [0.2, 0.25) is 0 Å². The molecule has 0 aliphatic carbocycles. The van der Waals surface area contributed by atoms with E-state index in [0.29, 0.717) is 38.9 Å². The van der Waals surface area contributed by atoms with E-state index in [-0.39, 0.29) is 17.9 Å². The number of aliphatic carboxylic acids is 1. The predicted molar refractivity (Wildman–Crippen MR) is 87.5 cm³/mol. The normalized spacial score (nSPS) is 28.5. The van der Waals surface area contributed by atoms with Crippen molar-refractivity contribution in [1.82, 2.24) is 14.7 Å². The average molecular weight is 337 g/mol. The molecule has 0 spiro atoms. The Bertz CT molecular complexity index is 524. The van der Waals surface area contributed by atoms with Crippen LogP contribution in [0.5, 0.6) is 0 Å². The number of carbonyl (C=O) groups is 3. The van der Waals surface area contributed by atoms with Crippen LogP contribution in [0.4, 0.5) is 4.79 Å². The quantitative estimate of drug-likeness (QED) is 0.825. The van der Waals surface area contributed by atoms with Gasteiger partial charge in [0.1, 0.15) is 5.54 Å². The number of nitrogens with zero attached hydrogens (tertiary/aromatic N) is 3. The van der Waals surface area contributed by atoms with Crippen LogP contribution in [0, 0.1) is 5.92 Å². The molecule has 3 rings (SSSR count). The molecule has 3 aliphatic rings. The minimum Gasteiger partial charge on any atom is -0.480 e. The van der Waals surface area contributed by atoms with E-state index in [1.807, 2.05) is 9.80 Å². The molecule has 3 heterocycles. The monoisotopic (exact) mass is 337 g/mol. The van der Waals surface area contributed by atoms with E-state index in [2.05, 4.69) is 0 Å². The van der Waals surface area contributed by atoms with Gasteiger partial charge in [-0.05, 0) is 45.4 Å². The second-order valence-corrected chi connectivity index (χ2v) is 7.41. The zero-order valence-corrected chi connectivity index (χ0v) is 14.4. The SMILES string of the molecule is CC1(C(=O)O)CCCN1C(=O)C1CCN(C(=O)N2CCCC2)CC1. The van der Waals surface area contributed by atoms with Gasteiger partial charge in [0, 0.05) is 38.6 Å². The molecule has 0 aromatic rings. The van der Waals surface area contributed by atoms with Gasteiger partial charge in [-0.1, -0.05) is 0 Å². The molecular formula is C17H27N3O4. The molecule has 0 saturated carbocycles. The Morgan fingerprint density at radius 3 is 2.08 bits per heavy atom. The summed E-state index contributed by atoms with van der Waals surface area (Å²) in [6.45, 7) is 5.01. The van der Waals surface area contributed by atoms with Crippen molar-refractivity contribution in [1.29, 1.82) is 0 Å². The van der Waals surface area contributed by atoms with Crippen molar-refractivity contribution in [3.8, 4) is 0 Å². The summed E-state index contributed by atoms with van der Waals surface area (Å²) in [5.41, 5.74) is -1.07. The van der Waals surface area contributed by atoms with Crippen LogP contribution < -0.4 is 0 Å². The van der Waals surface area contributed by atoms with Crippen molar-refractivity contribution in [2.24, 2.45) is 5.92 Å². The molecule has 7 heteroatoms. The molecule has 0 bridgehead atoms. The summed E-state index contributed by atoms with van der Waals surface area (Å²) < 4.78 is 0. The Morgan fingerprint density at radius 1 is 0.917 bits per heavy atom. The lowest BCUT2D eigenvalue weighted by atomic mass is 9.92. The first-order chi connectivity index (χ1) is 11.4. The number of hydrogen-bond acceptors (Lipinski definition) is 3. The number of hydrogen-bond donors (Lipinski definition) is 1. The van der Waals surface area contributed by atoms with E-state index in [0.717, 1.165) is 32.4 Å². The van der Waals surface area contributed by atoms with Crippen molar-refractivity contribution in [3.05, 3.63) is 0 Å². The molecule has 3 amide bonds. The molecule has 24 heavy (non-hydrogen) atoms. The maximum Gasteiger partial charge on any atom is 0.329 e. The van der Waals surface area contributed by atoms with Gasteiger partial charge in [-0.2, -0.15) is 0 Å². The average Bonchev–Trinajstić information content (AvgIpc) is 3.24. The van der Waals surface area contributed by atoms with E-state index in [1.54, 1.807) is 11.8 Å². The van der Waals surface area contributed by atoms with Gasteiger partial charge in [0.25, 0.3) is 0 Å². The first-order valence-electron chi connectivity index (χ1n) is 9.02. The highest BCUT2D eigenvalue weighted by Gasteiger charge is 2.47. The van der Waals surface area contributed by atoms with Crippen molar-refractivity contribution in [2.45, 2.75) is 51.0 Å². The molecule has 1 N–H and O–H groups in total. The molecule has 0 aromatic carbocycles. The van der Waals surface area contributed by atoms with Crippen LogP contribution in [0.15, 0.2) is 0 Å². The maximum atomic E-state index is 12.8. The fourth-order valence-electron chi connectivity index (χ4n) is 4.19. The van der Waals surface area contributed by atoms with Crippen LogP contribution in [-0.2, 0) is 9.59 Å². The van der Waals surface area contributed by atoms with Crippen LogP contribution in [0.25, 0.3) is 0 Å². The Morgan fingerprint density at radius 2 is 1.50 bits per heavy atom. The van der Waals surface area contributed by atoms with Gasteiger partial charge in [-0.15, -0.1) is 0 Å². The molecule has 3 aliphatic heterocycles. The smallest absolute Gasteiger partial charge is 0.329 e. The van der Waals surface area contributed by atoms with E-state index < -0.39 is 11.5 Å². The van der Waals surface area contributed by atoms with Gasteiger partial charge in [-0.25, -0.2) is 9.59 Å². The topological polar surface area (TPSA) is 81.2 Å². The van der Waals surface area contributed by atoms with Crippen molar-refractivity contribution < 1.29 is 19.5 Å². The number of amides is 3. The summed E-state index contributed by atoms with van der Waals surface area (Å²) in [5.74, 6) is -1.13. The van der Waals surface area contributed by atoms with E-state index in [1.165, 1.54) is 0 Å². The van der Waals surface area contributed by atoms with E-state index in [9.17, 15) is 19.5 Å². The largest absolute Gasteiger partial charge is 0.480 e. The number of urea groups is 1. The molecule has 1 unspecified atom stereocenters. The van der Waals surface area contributed by atoms with E-state index >= 15 is 0 Å². The summed E-state index contributed by atoms with van der Waals surface area (Å²) in [4.78, 5) is 42.1. The number of carboxylic acids is 1. The molecule has 134 valence electrons. The first-order valence-corrected chi connectivity index (χ1v) is 9.02. The summed E-state index contributed by atoms with van der Waals surface area (Å²) >= 11 is 0. The number of rotatable bonds is 2. The zero-order chi connectivity index (χ0) is 17.3. The minimum atomic E-state index is -1.07. The van der Waals surface area contributed by atoms with Crippen molar-refractivity contribution in [3.63, 3.8) is 0 Å². The van der Waals surface area contributed by atoms with Crippen LogP contribution in [0.1, 0.15) is 45.4 Å². The Labute approximate surface area is 142 Å². The summed E-state index contributed by atoms with van der Waals surface area (Å²) in [6, 6.07) is 0.0925. The lowest BCUT2D eigenvalue weighted by Gasteiger charge is -2.38. The highest BCUT2D eigenvalue weighted by Crippen LogP contribution is 2.33. The fourth-order valence-corrected chi connectivity index (χ4v) is 4.19. The Hall–Kier alpha value is -1.79. The number of carbonyl (C=O) groups excluding carboxylic acids is 2. The van der Waals surface area contributed by atoms with Crippen LogP contribution in [-0.4, -0.2) is 76.0 Å². The third-order valence-corrected chi connectivity index (χ3v) is 5.86. The Balaban J connectivity index is 1.57. The molecule has 0 aromatic heterocycles. The second-order valence-electron chi connectivity index (χ2n) is 7.41. The van der Waals surface area contributed by atoms with Gasteiger partial charge < -0.3 is 19.8 Å². The summed E-state index contributed by atoms with van der Waals surface area (Å²) in [5, 5.41) is 9.47. The molecule has 1 atom stereocenters. The number of likely N-dealkylation sites (tertiary alicyclic amines) is 3. The van der Waals surface area contributed by atoms with Crippen LogP contribution >= 0.6 is 0 Å². The number of piperidine rings is 1. The standard InChI is InChI=1S/C17H27N3O4/c1-17(15(22)23)7-4-10-20(17)14(21)13-5-11-19(12-6-13)16(24)18-8-2-3-9-18/h13H,2-12H2,1H3,(H,22,23). The fraction of sp³-hybridized carbons (Fsp3) is 0.824. The maximum absolute atomic E-state index is 12.8. The zero-order valence-electron chi connectivity index (χ0n) is 14.4. The molecule has 7 nitrogen and oxygen atoms in total. The van der Waals surface area contributed by atoms with Crippen LogP contribution in [0.3, 0.4) is 0 Å². The molecule has 3 saturated heterocycles. The molecule has 0 radical (unpaired) electrons. The summed E-state index contributed by atoms with van der Waals surface area (Å²) in [6.07, 6.45) is 4.66. The van der Waals surface area contributed by atoms with Crippen molar-refractivity contribution >= 4 is 17.9 Å². The molecule has 3 fully saturated rings. The molecular weight excluding hydrogens is 310 g/mol. The second kappa shape index (κ2) is 6.61. The number of carboxylic acid groups (broad SMARTS) is 1. The van der Waals surface area contributed by atoms with Gasteiger partial charge >= 0.3 is 12.0 Å². The lowest BCUT2D eigenvalue weighted by molar-refractivity contribution is -0.157. The third-order valence-electron chi connectivity index (χ3n) is 5.86. The summed E-state index contributed by atoms with van der Waals surface area (Å²) in [7, 11) is 0. The highest BCUT2D eigenvalue weighted by molar-refractivity contribution is 5.88. The Kier molecular flexibility index (Phi) is 4.69. The predicted octanol–water partition coefficient (Wildman–Crippen LogP) is 1.38. The first kappa shape index (κ1) is 17.0. The van der Waals surface area contributed by atoms with Crippen molar-refractivity contribution in [2.75, 3.05) is 32.7 Å². The minimum absolute atomic E-state index is 0.0503.